The predicted molar refractivity (Wildman–Crippen MR) is 84.3 cm³/mol. The molecule has 2 heterocycles. The highest BCUT2D eigenvalue weighted by molar-refractivity contribution is 5.68. The first-order valence-electron chi connectivity index (χ1n) is 7.20. The lowest BCUT2D eigenvalue weighted by Gasteiger charge is -2.21. The van der Waals surface area contributed by atoms with Crippen LogP contribution in [0.15, 0.2) is 18.7 Å². The van der Waals surface area contributed by atoms with Crippen molar-refractivity contribution in [3.63, 3.8) is 0 Å². The summed E-state index contributed by atoms with van der Waals surface area (Å²) in [5, 5.41) is 9.83. The summed E-state index contributed by atoms with van der Waals surface area (Å²) in [6.45, 7) is 7.21. The van der Waals surface area contributed by atoms with Gasteiger partial charge in [-0.05, 0) is 27.7 Å². The van der Waals surface area contributed by atoms with Crippen LogP contribution in [-0.4, -0.2) is 43.5 Å². The number of rotatable bonds is 4. The van der Waals surface area contributed by atoms with Crippen molar-refractivity contribution in [3.05, 3.63) is 24.5 Å². The lowest BCUT2D eigenvalue weighted by Crippen LogP contribution is -2.35. The molecular formula is C14H21N7O2. The van der Waals surface area contributed by atoms with Crippen LogP contribution in [0.3, 0.4) is 0 Å². The van der Waals surface area contributed by atoms with E-state index < -0.39 is 17.7 Å². The molecule has 0 saturated carbocycles. The average Bonchev–Trinajstić information content (AvgIpc) is 2.94. The number of ether oxygens (including phenoxy) is 1. The molecule has 0 unspecified atom stereocenters. The zero-order valence-electron chi connectivity index (χ0n) is 13.9. The molecule has 0 aromatic carbocycles. The number of nitrogens with one attached hydrogen (secondary N) is 2. The maximum Gasteiger partial charge on any atom is 0.408 e. The third kappa shape index (κ3) is 4.38. The highest BCUT2D eigenvalue weighted by atomic mass is 16.6. The van der Waals surface area contributed by atoms with E-state index in [0.717, 1.165) is 0 Å². The Hall–Kier alpha value is -2.71. The van der Waals surface area contributed by atoms with Crippen molar-refractivity contribution in [3.8, 4) is 5.82 Å². The predicted octanol–water partition coefficient (Wildman–Crippen LogP) is 1.68. The first-order valence-corrected chi connectivity index (χ1v) is 7.20. The second-order valence-corrected chi connectivity index (χ2v) is 5.91. The third-order valence-electron chi connectivity index (χ3n) is 2.82. The quantitative estimate of drug-likeness (QED) is 0.883. The Balaban J connectivity index is 2.18. The summed E-state index contributed by atoms with van der Waals surface area (Å²) in [5.74, 6) is 1.75. The van der Waals surface area contributed by atoms with Crippen LogP contribution >= 0.6 is 0 Å². The molecule has 2 N–H and O–H groups in total. The van der Waals surface area contributed by atoms with Crippen LogP contribution in [0.1, 0.15) is 39.6 Å². The van der Waals surface area contributed by atoms with Crippen LogP contribution in [0.5, 0.6) is 0 Å². The molecule has 1 atom stereocenters. The van der Waals surface area contributed by atoms with Gasteiger partial charge in [-0.15, -0.1) is 0 Å². The van der Waals surface area contributed by atoms with E-state index in [2.05, 4.69) is 30.7 Å². The first kappa shape index (κ1) is 16.7. The number of nitrogens with zero attached hydrogens (tertiary/aromatic N) is 5. The van der Waals surface area contributed by atoms with Gasteiger partial charge in [0.25, 0.3) is 0 Å². The van der Waals surface area contributed by atoms with Crippen LogP contribution in [0.2, 0.25) is 0 Å². The SMILES string of the molecule is CNc1cc(-n2ncnc2[C@H](C)NC(=O)OC(C)(C)C)ncn1. The third-order valence-corrected chi connectivity index (χ3v) is 2.82. The number of carbonyl (C=O) groups is 1. The molecule has 0 aliphatic heterocycles. The molecule has 9 heteroatoms. The molecule has 124 valence electrons. The number of aromatic nitrogens is 5. The lowest BCUT2D eigenvalue weighted by atomic mass is 10.2. The molecule has 9 nitrogen and oxygen atoms in total. The zero-order valence-corrected chi connectivity index (χ0v) is 13.9. The van der Waals surface area contributed by atoms with E-state index in [-0.39, 0.29) is 0 Å². The summed E-state index contributed by atoms with van der Waals surface area (Å²) in [5.41, 5.74) is -0.564. The molecule has 0 bridgehead atoms. The monoisotopic (exact) mass is 319 g/mol. The van der Waals surface area contributed by atoms with Gasteiger partial charge in [-0.3, -0.25) is 0 Å². The van der Waals surface area contributed by atoms with Crippen molar-refractivity contribution in [2.45, 2.75) is 39.3 Å². The smallest absolute Gasteiger partial charge is 0.408 e. The van der Waals surface area contributed by atoms with Gasteiger partial charge in [0.2, 0.25) is 0 Å². The summed E-state index contributed by atoms with van der Waals surface area (Å²) < 4.78 is 6.79. The van der Waals surface area contributed by atoms with Crippen LogP contribution in [0.25, 0.3) is 5.82 Å². The van der Waals surface area contributed by atoms with Gasteiger partial charge in [-0.1, -0.05) is 0 Å². The van der Waals surface area contributed by atoms with Gasteiger partial charge in [0.05, 0.1) is 6.04 Å². The molecule has 0 aliphatic rings. The molecule has 1 amide bonds. The second-order valence-electron chi connectivity index (χ2n) is 5.91. The largest absolute Gasteiger partial charge is 0.444 e. The van der Waals surface area contributed by atoms with Crippen LogP contribution in [0.4, 0.5) is 10.6 Å². The Kier molecular flexibility index (Phi) is 4.77. The van der Waals surface area contributed by atoms with Gasteiger partial charge in [0.15, 0.2) is 11.6 Å². The van der Waals surface area contributed by atoms with E-state index in [1.165, 1.54) is 12.7 Å². The van der Waals surface area contributed by atoms with Crippen molar-refractivity contribution in [1.82, 2.24) is 30.0 Å². The van der Waals surface area contributed by atoms with Crippen molar-refractivity contribution in [2.24, 2.45) is 0 Å². The molecule has 2 aromatic heterocycles. The molecule has 0 saturated heterocycles. The Morgan fingerprint density at radius 1 is 1.26 bits per heavy atom. The van der Waals surface area contributed by atoms with Gasteiger partial charge in [0, 0.05) is 13.1 Å². The van der Waals surface area contributed by atoms with Crippen LogP contribution in [0, 0.1) is 0 Å². The Morgan fingerprint density at radius 2 is 2.00 bits per heavy atom. The van der Waals surface area contributed by atoms with Gasteiger partial charge >= 0.3 is 6.09 Å². The minimum atomic E-state index is -0.564. The number of anilines is 1. The van der Waals surface area contributed by atoms with Gasteiger partial charge in [-0.25, -0.2) is 19.7 Å². The summed E-state index contributed by atoms with van der Waals surface area (Å²) in [7, 11) is 1.76. The van der Waals surface area contributed by atoms with Crippen molar-refractivity contribution in [1.29, 1.82) is 0 Å². The van der Waals surface area contributed by atoms with E-state index in [9.17, 15) is 4.79 Å². The van der Waals surface area contributed by atoms with E-state index in [0.29, 0.717) is 17.5 Å². The number of alkyl carbamates (subject to hydrolysis) is 1. The first-order chi connectivity index (χ1) is 10.8. The van der Waals surface area contributed by atoms with Gasteiger partial charge in [0.1, 0.15) is 24.1 Å². The summed E-state index contributed by atoms with van der Waals surface area (Å²) in [4.78, 5) is 24.3. The maximum absolute atomic E-state index is 11.9. The van der Waals surface area contributed by atoms with E-state index >= 15 is 0 Å². The molecule has 2 aromatic rings. The fraction of sp³-hybridized carbons (Fsp3) is 0.500. The summed E-state index contributed by atoms with van der Waals surface area (Å²) >= 11 is 0. The Morgan fingerprint density at radius 3 is 2.65 bits per heavy atom. The fourth-order valence-electron chi connectivity index (χ4n) is 1.87. The standard InChI is InChI=1S/C14H21N7O2/c1-9(20-13(22)23-14(2,3)4)12-18-8-19-21(12)11-6-10(15-5)16-7-17-11/h6-9H,1-5H3,(H,20,22)(H,15,16,17)/t9-/m0/s1. The van der Waals surface area contributed by atoms with Crippen LogP contribution < -0.4 is 10.6 Å². The lowest BCUT2D eigenvalue weighted by molar-refractivity contribution is 0.0505. The topological polar surface area (TPSA) is 107 Å². The number of carbonyl (C=O) groups excluding carboxylic acids is 1. The highest BCUT2D eigenvalue weighted by Crippen LogP contribution is 2.15. The van der Waals surface area contributed by atoms with Crippen molar-refractivity contribution >= 4 is 11.9 Å². The Bertz CT molecular complexity index is 678. The van der Waals surface area contributed by atoms with E-state index in [4.69, 9.17) is 4.74 Å². The second kappa shape index (κ2) is 6.59. The highest BCUT2D eigenvalue weighted by Gasteiger charge is 2.21. The normalized spacial score (nSPS) is 12.6. The van der Waals surface area contributed by atoms with E-state index in [1.807, 2.05) is 0 Å². The molecule has 2 rings (SSSR count). The van der Waals surface area contributed by atoms with Gasteiger partial charge < -0.3 is 15.4 Å². The minimum Gasteiger partial charge on any atom is -0.444 e. The van der Waals surface area contributed by atoms with Crippen molar-refractivity contribution in [2.75, 3.05) is 12.4 Å². The average molecular weight is 319 g/mol. The Labute approximate surface area is 134 Å². The molecule has 0 spiro atoms. The molecule has 0 fully saturated rings. The number of hydrogen-bond donors (Lipinski definition) is 2. The zero-order chi connectivity index (χ0) is 17.0. The molecular weight excluding hydrogens is 298 g/mol. The van der Waals surface area contributed by atoms with Crippen LogP contribution in [-0.2, 0) is 4.74 Å². The number of hydrogen-bond acceptors (Lipinski definition) is 7. The number of amides is 1. The van der Waals surface area contributed by atoms with Crippen molar-refractivity contribution < 1.29 is 9.53 Å². The summed E-state index contributed by atoms with van der Waals surface area (Å²) in [6.07, 6.45) is 2.32. The van der Waals surface area contributed by atoms with Gasteiger partial charge in [-0.2, -0.15) is 9.78 Å². The maximum atomic E-state index is 11.9. The molecule has 0 radical (unpaired) electrons. The molecule has 0 aliphatic carbocycles. The fourth-order valence-corrected chi connectivity index (χ4v) is 1.87. The van der Waals surface area contributed by atoms with E-state index in [1.54, 1.807) is 45.5 Å². The summed E-state index contributed by atoms with van der Waals surface area (Å²) in [6, 6.07) is 1.33. The minimum absolute atomic E-state index is 0.402. The molecule has 23 heavy (non-hydrogen) atoms.